The van der Waals surface area contributed by atoms with Crippen molar-refractivity contribution < 1.29 is 14.0 Å². The van der Waals surface area contributed by atoms with Gasteiger partial charge < -0.3 is 14.6 Å². The summed E-state index contributed by atoms with van der Waals surface area (Å²) in [7, 11) is 0. The van der Waals surface area contributed by atoms with Crippen LogP contribution in [0.1, 0.15) is 30.7 Å². The predicted molar refractivity (Wildman–Crippen MR) is 93.8 cm³/mol. The Hall–Kier alpha value is -2.63. The van der Waals surface area contributed by atoms with E-state index in [0.717, 1.165) is 31.5 Å². The van der Waals surface area contributed by atoms with Gasteiger partial charge in [-0.25, -0.2) is 4.98 Å². The molecule has 1 aliphatic rings. The lowest BCUT2D eigenvalue weighted by Gasteiger charge is -2.15. The molecule has 2 amide bonds. The molecule has 1 aromatic heterocycles. The Balaban J connectivity index is 1.49. The highest BCUT2D eigenvalue weighted by Gasteiger charge is 2.18. The van der Waals surface area contributed by atoms with Crippen molar-refractivity contribution in [1.29, 1.82) is 0 Å². The summed E-state index contributed by atoms with van der Waals surface area (Å²) in [5.41, 5.74) is 1.51. The molecule has 0 bridgehead atoms. The molecule has 1 saturated heterocycles. The second kappa shape index (κ2) is 7.96. The first-order chi connectivity index (χ1) is 12.1. The van der Waals surface area contributed by atoms with Crippen LogP contribution in [0.15, 0.2) is 34.7 Å². The van der Waals surface area contributed by atoms with Gasteiger partial charge in [0, 0.05) is 31.6 Å². The fourth-order valence-electron chi connectivity index (χ4n) is 2.94. The standard InChI is InChI=1S/C19H23N3O3/c1-14-16(21-19(25-14)15-7-3-2-4-8-15)13-17(23)20-10-9-18(24)22-11-5-6-12-22/h2-4,7-8H,5-6,9-13H2,1H3,(H,20,23). The third-order valence-electron chi connectivity index (χ3n) is 4.36. The Labute approximate surface area is 147 Å². The first-order valence-corrected chi connectivity index (χ1v) is 8.69. The van der Waals surface area contributed by atoms with Gasteiger partial charge in [0.1, 0.15) is 5.76 Å². The van der Waals surface area contributed by atoms with E-state index >= 15 is 0 Å². The van der Waals surface area contributed by atoms with Gasteiger partial charge in [-0.15, -0.1) is 0 Å². The molecular formula is C19H23N3O3. The van der Waals surface area contributed by atoms with Crippen molar-refractivity contribution in [2.75, 3.05) is 19.6 Å². The Kier molecular flexibility index (Phi) is 5.48. The van der Waals surface area contributed by atoms with Crippen LogP contribution < -0.4 is 5.32 Å². The first-order valence-electron chi connectivity index (χ1n) is 8.69. The molecular weight excluding hydrogens is 318 g/mol. The van der Waals surface area contributed by atoms with Gasteiger partial charge in [0.2, 0.25) is 17.7 Å². The Bertz CT molecular complexity index is 734. The molecule has 0 unspecified atom stereocenters. The van der Waals surface area contributed by atoms with Crippen LogP contribution in [0.3, 0.4) is 0 Å². The zero-order valence-electron chi connectivity index (χ0n) is 14.5. The topological polar surface area (TPSA) is 75.4 Å². The number of aryl methyl sites for hydroxylation is 1. The summed E-state index contributed by atoms with van der Waals surface area (Å²) in [5, 5.41) is 2.79. The molecule has 0 atom stereocenters. The van der Waals surface area contributed by atoms with Gasteiger partial charge in [0.05, 0.1) is 12.1 Å². The quantitative estimate of drug-likeness (QED) is 0.875. The van der Waals surface area contributed by atoms with Crippen molar-refractivity contribution in [2.45, 2.75) is 32.6 Å². The summed E-state index contributed by atoms with van der Waals surface area (Å²) < 4.78 is 5.66. The number of rotatable bonds is 6. The van der Waals surface area contributed by atoms with Crippen LogP contribution in [0.5, 0.6) is 0 Å². The van der Waals surface area contributed by atoms with E-state index < -0.39 is 0 Å². The van der Waals surface area contributed by atoms with E-state index in [1.807, 2.05) is 35.2 Å². The SMILES string of the molecule is Cc1oc(-c2ccccc2)nc1CC(=O)NCCC(=O)N1CCCC1. The molecule has 0 saturated carbocycles. The van der Waals surface area contributed by atoms with Gasteiger partial charge in [0.25, 0.3) is 0 Å². The maximum Gasteiger partial charge on any atom is 0.226 e. The van der Waals surface area contributed by atoms with Crippen LogP contribution in [-0.2, 0) is 16.0 Å². The molecule has 132 valence electrons. The molecule has 0 radical (unpaired) electrons. The first kappa shape index (κ1) is 17.2. The summed E-state index contributed by atoms with van der Waals surface area (Å²) in [5.74, 6) is 1.12. The lowest BCUT2D eigenvalue weighted by atomic mass is 10.2. The average molecular weight is 341 g/mol. The maximum atomic E-state index is 12.1. The number of nitrogens with one attached hydrogen (secondary N) is 1. The van der Waals surface area contributed by atoms with Crippen LogP contribution in [0.25, 0.3) is 11.5 Å². The van der Waals surface area contributed by atoms with E-state index in [-0.39, 0.29) is 18.2 Å². The Morgan fingerprint density at radius 2 is 1.92 bits per heavy atom. The number of carbonyl (C=O) groups excluding carboxylic acids is 2. The molecule has 1 fully saturated rings. The largest absolute Gasteiger partial charge is 0.441 e. The molecule has 2 heterocycles. The molecule has 6 nitrogen and oxygen atoms in total. The molecule has 0 spiro atoms. The fraction of sp³-hybridized carbons (Fsp3) is 0.421. The number of likely N-dealkylation sites (tertiary alicyclic amines) is 1. The van der Waals surface area contributed by atoms with Gasteiger partial charge in [-0.3, -0.25) is 9.59 Å². The molecule has 6 heteroatoms. The van der Waals surface area contributed by atoms with Crippen molar-refractivity contribution in [3.05, 3.63) is 41.8 Å². The number of oxazole rings is 1. The van der Waals surface area contributed by atoms with Gasteiger partial charge in [-0.1, -0.05) is 18.2 Å². The van der Waals surface area contributed by atoms with Crippen LogP contribution in [-0.4, -0.2) is 41.3 Å². The van der Waals surface area contributed by atoms with E-state index in [1.54, 1.807) is 6.92 Å². The number of hydrogen-bond acceptors (Lipinski definition) is 4. The zero-order valence-corrected chi connectivity index (χ0v) is 14.5. The third kappa shape index (κ3) is 4.47. The summed E-state index contributed by atoms with van der Waals surface area (Å²) in [4.78, 5) is 30.3. The number of amides is 2. The summed E-state index contributed by atoms with van der Waals surface area (Å²) in [6.07, 6.45) is 2.65. The molecule has 1 aromatic carbocycles. The van der Waals surface area contributed by atoms with Gasteiger partial charge in [0.15, 0.2) is 0 Å². The number of benzene rings is 1. The normalized spacial score (nSPS) is 13.9. The third-order valence-corrected chi connectivity index (χ3v) is 4.36. The number of aromatic nitrogens is 1. The van der Waals surface area contributed by atoms with Gasteiger partial charge in [-0.05, 0) is 31.9 Å². The van der Waals surface area contributed by atoms with E-state index in [9.17, 15) is 9.59 Å². The minimum absolute atomic E-state index is 0.113. The number of carbonyl (C=O) groups is 2. The second-order valence-corrected chi connectivity index (χ2v) is 6.25. The molecule has 1 aliphatic heterocycles. The van der Waals surface area contributed by atoms with Crippen LogP contribution in [0.4, 0.5) is 0 Å². The monoisotopic (exact) mass is 341 g/mol. The number of hydrogen-bond donors (Lipinski definition) is 1. The van der Waals surface area contributed by atoms with Crippen molar-refractivity contribution in [1.82, 2.24) is 15.2 Å². The van der Waals surface area contributed by atoms with Crippen LogP contribution >= 0.6 is 0 Å². The van der Waals surface area contributed by atoms with Gasteiger partial charge in [-0.2, -0.15) is 0 Å². The minimum atomic E-state index is -0.148. The van der Waals surface area contributed by atoms with Crippen molar-refractivity contribution in [3.8, 4) is 11.5 Å². The van der Waals surface area contributed by atoms with E-state index in [4.69, 9.17) is 4.42 Å². The molecule has 1 N–H and O–H groups in total. The van der Waals surface area contributed by atoms with Crippen molar-refractivity contribution >= 4 is 11.8 Å². The minimum Gasteiger partial charge on any atom is -0.441 e. The lowest BCUT2D eigenvalue weighted by molar-refractivity contribution is -0.130. The van der Waals surface area contributed by atoms with Crippen molar-refractivity contribution in [3.63, 3.8) is 0 Å². The highest BCUT2D eigenvalue weighted by Crippen LogP contribution is 2.21. The predicted octanol–water partition coefficient (Wildman–Crippen LogP) is 2.32. The summed E-state index contributed by atoms with van der Waals surface area (Å²) in [6, 6.07) is 9.59. The van der Waals surface area contributed by atoms with Gasteiger partial charge >= 0.3 is 0 Å². The van der Waals surface area contributed by atoms with E-state index in [2.05, 4.69) is 10.3 Å². The second-order valence-electron chi connectivity index (χ2n) is 6.25. The van der Waals surface area contributed by atoms with E-state index in [0.29, 0.717) is 30.3 Å². The smallest absolute Gasteiger partial charge is 0.226 e. The number of nitrogens with zero attached hydrogens (tertiary/aromatic N) is 2. The highest BCUT2D eigenvalue weighted by atomic mass is 16.4. The van der Waals surface area contributed by atoms with Crippen molar-refractivity contribution in [2.24, 2.45) is 0 Å². The van der Waals surface area contributed by atoms with E-state index in [1.165, 1.54) is 0 Å². The lowest BCUT2D eigenvalue weighted by Crippen LogP contribution is -2.33. The molecule has 2 aromatic rings. The average Bonchev–Trinajstić information content (AvgIpc) is 3.26. The molecule has 0 aliphatic carbocycles. The summed E-state index contributed by atoms with van der Waals surface area (Å²) in [6.45, 7) is 3.84. The van der Waals surface area contributed by atoms with Crippen LogP contribution in [0.2, 0.25) is 0 Å². The molecule has 3 rings (SSSR count). The maximum absolute atomic E-state index is 12.1. The Morgan fingerprint density at radius 3 is 2.64 bits per heavy atom. The molecule has 25 heavy (non-hydrogen) atoms. The zero-order chi connectivity index (χ0) is 17.6. The fourth-order valence-corrected chi connectivity index (χ4v) is 2.94. The highest BCUT2D eigenvalue weighted by molar-refractivity contribution is 5.80. The Morgan fingerprint density at radius 1 is 1.20 bits per heavy atom. The van der Waals surface area contributed by atoms with Crippen LogP contribution in [0, 0.1) is 6.92 Å². The summed E-state index contributed by atoms with van der Waals surface area (Å²) >= 11 is 0.